The highest BCUT2D eigenvalue weighted by Gasteiger charge is 2.10. The molecule has 4 nitrogen and oxygen atoms in total. The topological polar surface area (TPSA) is 51.1 Å². The van der Waals surface area contributed by atoms with E-state index in [-0.39, 0.29) is 17.7 Å². The van der Waals surface area contributed by atoms with E-state index in [2.05, 4.69) is 5.32 Å². The Morgan fingerprint density at radius 3 is 2.38 bits per heavy atom. The Morgan fingerprint density at radius 1 is 1.14 bits per heavy atom. The first-order chi connectivity index (χ1) is 9.86. The maximum atomic E-state index is 13.5. The highest BCUT2D eigenvalue weighted by atomic mass is 19.1. The van der Waals surface area contributed by atoms with Crippen LogP contribution in [0.2, 0.25) is 0 Å². The van der Waals surface area contributed by atoms with E-state index in [0.717, 1.165) is 18.2 Å². The van der Waals surface area contributed by atoms with Crippen LogP contribution < -0.4 is 10.7 Å². The van der Waals surface area contributed by atoms with Gasteiger partial charge < -0.3 is 9.88 Å². The quantitative estimate of drug-likeness (QED) is 0.944. The molecule has 2 aromatic rings. The second kappa shape index (κ2) is 5.87. The fourth-order valence-corrected chi connectivity index (χ4v) is 2.06. The van der Waals surface area contributed by atoms with Crippen molar-refractivity contribution in [2.75, 3.05) is 5.32 Å². The molecule has 1 aromatic heterocycles. The second-order valence-electron chi connectivity index (χ2n) is 4.73. The lowest BCUT2D eigenvalue weighted by atomic mass is 10.2. The summed E-state index contributed by atoms with van der Waals surface area (Å²) in [5.41, 5.74) is 0.888. The number of benzene rings is 1. The van der Waals surface area contributed by atoms with E-state index in [9.17, 15) is 18.4 Å². The number of nitrogens with one attached hydrogen (secondary N) is 1. The van der Waals surface area contributed by atoms with E-state index in [1.807, 2.05) is 0 Å². The normalized spacial score (nSPS) is 10.5. The van der Waals surface area contributed by atoms with Gasteiger partial charge in [-0.05, 0) is 26.0 Å². The zero-order chi connectivity index (χ0) is 15.6. The van der Waals surface area contributed by atoms with E-state index in [0.29, 0.717) is 11.4 Å². The average Bonchev–Trinajstić information content (AvgIpc) is 2.38. The third-order valence-corrected chi connectivity index (χ3v) is 3.06. The molecule has 0 atom stereocenters. The van der Waals surface area contributed by atoms with Crippen LogP contribution in [0.3, 0.4) is 0 Å². The summed E-state index contributed by atoms with van der Waals surface area (Å²) in [6.07, 6.45) is 0. The summed E-state index contributed by atoms with van der Waals surface area (Å²) >= 11 is 0. The zero-order valence-electron chi connectivity index (χ0n) is 11.6. The number of aromatic nitrogens is 1. The molecule has 0 aliphatic carbocycles. The molecule has 21 heavy (non-hydrogen) atoms. The van der Waals surface area contributed by atoms with E-state index < -0.39 is 17.5 Å². The van der Waals surface area contributed by atoms with Crippen LogP contribution in [0.25, 0.3) is 0 Å². The molecule has 1 N–H and O–H groups in total. The van der Waals surface area contributed by atoms with Gasteiger partial charge in [-0.15, -0.1) is 0 Å². The predicted molar refractivity (Wildman–Crippen MR) is 75.2 cm³/mol. The van der Waals surface area contributed by atoms with Crippen molar-refractivity contribution in [3.63, 3.8) is 0 Å². The molecule has 0 bridgehead atoms. The molecule has 0 spiro atoms. The molecule has 110 valence electrons. The van der Waals surface area contributed by atoms with Crippen LogP contribution in [0.15, 0.2) is 35.1 Å². The number of hydrogen-bond donors (Lipinski definition) is 1. The molecule has 6 heteroatoms. The van der Waals surface area contributed by atoms with Gasteiger partial charge in [0.05, 0.1) is 5.69 Å². The maximum absolute atomic E-state index is 13.5. The lowest BCUT2D eigenvalue weighted by molar-refractivity contribution is -0.116. The lowest BCUT2D eigenvalue weighted by Gasteiger charge is -2.14. The third kappa shape index (κ3) is 3.53. The number of pyridine rings is 1. The highest BCUT2D eigenvalue weighted by molar-refractivity contribution is 5.90. The van der Waals surface area contributed by atoms with E-state index in [4.69, 9.17) is 0 Å². The van der Waals surface area contributed by atoms with Gasteiger partial charge in [0.2, 0.25) is 5.91 Å². The minimum absolute atomic E-state index is 0.0894. The summed E-state index contributed by atoms with van der Waals surface area (Å²) in [7, 11) is 0. The summed E-state index contributed by atoms with van der Waals surface area (Å²) in [4.78, 5) is 23.3. The van der Waals surface area contributed by atoms with Gasteiger partial charge in [-0.3, -0.25) is 9.59 Å². The van der Waals surface area contributed by atoms with Crippen LogP contribution in [0.5, 0.6) is 0 Å². The number of hydrogen-bond acceptors (Lipinski definition) is 2. The van der Waals surface area contributed by atoms with Gasteiger partial charge >= 0.3 is 0 Å². The van der Waals surface area contributed by atoms with Gasteiger partial charge in [0.25, 0.3) is 0 Å². The molecular weight excluding hydrogens is 278 g/mol. The molecule has 1 amide bonds. The Kier molecular flexibility index (Phi) is 4.16. The molecule has 0 unspecified atom stereocenters. The number of nitrogens with zero attached hydrogens (tertiary/aromatic N) is 1. The van der Waals surface area contributed by atoms with Gasteiger partial charge in [0, 0.05) is 29.6 Å². The van der Waals surface area contributed by atoms with Gasteiger partial charge in [-0.25, -0.2) is 8.78 Å². The highest BCUT2D eigenvalue weighted by Crippen LogP contribution is 2.15. The van der Waals surface area contributed by atoms with Gasteiger partial charge in [0.1, 0.15) is 18.2 Å². The van der Waals surface area contributed by atoms with Crippen LogP contribution in [-0.2, 0) is 11.3 Å². The molecule has 0 aliphatic heterocycles. The number of halogens is 2. The molecule has 1 heterocycles. The molecule has 0 saturated carbocycles. The third-order valence-electron chi connectivity index (χ3n) is 3.06. The maximum Gasteiger partial charge on any atom is 0.244 e. The van der Waals surface area contributed by atoms with Crippen molar-refractivity contribution in [3.8, 4) is 0 Å². The van der Waals surface area contributed by atoms with Crippen molar-refractivity contribution in [2.45, 2.75) is 20.4 Å². The summed E-state index contributed by atoms with van der Waals surface area (Å²) in [5, 5.41) is 2.32. The van der Waals surface area contributed by atoms with Crippen LogP contribution in [0.1, 0.15) is 11.4 Å². The molecular formula is C15H14F2N2O2. The number of rotatable bonds is 3. The summed E-state index contributed by atoms with van der Waals surface area (Å²) in [5.74, 6) is -1.85. The fourth-order valence-electron chi connectivity index (χ4n) is 2.06. The fraction of sp³-hybridized carbons (Fsp3) is 0.200. The van der Waals surface area contributed by atoms with Crippen molar-refractivity contribution in [3.05, 3.63) is 63.6 Å². The summed E-state index contributed by atoms with van der Waals surface area (Å²) < 4.78 is 28.1. The monoisotopic (exact) mass is 292 g/mol. The molecule has 0 aliphatic rings. The SMILES string of the molecule is Cc1cc(=O)cc(C)n1CC(=O)Nc1cc(F)ccc1F. The first-order valence-electron chi connectivity index (χ1n) is 6.30. The minimum atomic E-state index is -0.710. The van der Waals surface area contributed by atoms with E-state index >= 15 is 0 Å². The van der Waals surface area contributed by atoms with Gasteiger partial charge in [-0.1, -0.05) is 0 Å². The van der Waals surface area contributed by atoms with Crippen molar-refractivity contribution in [1.82, 2.24) is 4.57 Å². The van der Waals surface area contributed by atoms with Crippen LogP contribution in [0.4, 0.5) is 14.5 Å². The van der Waals surface area contributed by atoms with Crippen LogP contribution in [-0.4, -0.2) is 10.5 Å². The molecule has 0 radical (unpaired) electrons. The molecule has 0 fully saturated rings. The van der Waals surface area contributed by atoms with Crippen molar-refractivity contribution < 1.29 is 13.6 Å². The summed E-state index contributed by atoms with van der Waals surface area (Å²) in [6, 6.07) is 5.65. The lowest BCUT2D eigenvalue weighted by Crippen LogP contribution is -2.23. The smallest absolute Gasteiger partial charge is 0.244 e. The van der Waals surface area contributed by atoms with Crippen molar-refractivity contribution in [2.24, 2.45) is 0 Å². The molecule has 0 saturated heterocycles. The molecule has 1 aromatic carbocycles. The van der Waals surface area contributed by atoms with Gasteiger partial charge in [0.15, 0.2) is 5.43 Å². The average molecular weight is 292 g/mol. The Hall–Kier alpha value is -2.50. The number of carbonyl (C=O) groups excluding carboxylic acids is 1. The number of anilines is 1. The Bertz CT molecular complexity index is 728. The summed E-state index contributed by atoms with van der Waals surface area (Å²) in [6.45, 7) is 3.31. The van der Waals surface area contributed by atoms with E-state index in [1.54, 1.807) is 18.4 Å². The molecule has 2 rings (SSSR count). The minimum Gasteiger partial charge on any atom is -0.340 e. The van der Waals surface area contributed by atoms with E-state index in [1.165, 1.54) is 12.1 Å². The van der Waals surface area contributed by atoms with Crippen molar-refractivity contribution in [1.29, 1.82) is 0 Å². The zero-order valence-corrected chi connectivity index (χ0v) is 11.6. The Labute approximate surface area is 120 Å². The first-order valence-corrected chi connectivity index (χ1v) is 6.30. The second-order valence-corrected chi connectivity index (χ2v) is 4.73. The number of aryl methyl sites for hydroxylation is 2. The largest absolute Gasteiger partial charge is 0.340 e. The number of carbonyl (C=O) groups is 1. The van der Waals surface area contributed by atoms with Crippen molar-refractivity contribution >= 4 is 11.6 Å². The first kappa shape index (κ1) is 14.9. The number of amides is 1. The Morgan fingerprint density at radius 2 is 1.76 bits per heavy atom. The van der Waals surface area contributed by atoms with Crippen LogP contribution >= 0.6 is 0 Å². The predicted octanol–water partition coefficient (Wildman–Crippen LogP) is 2.38. The Balaban J connectivity index is 2.19. The van der Waals surface area contributed by atoms with Gasteiger partial charge in [-0.2, -0.15) is 0 Å². The van der Waals surface area contributed by atoms with Crippen LogP contribution in [0, 0.1) is 25.5 Å². The standard InChI is InChI=1S/C15H14F2N2O2/c1-9-5-12(20)6-10(2)19(9)8-15(21)18-14-7-11(16)3-4-13(14)17/h3-7H,8H2,1-2H3,(H,18,21).